The van der Waals surface area contributed by atoms with Crippen LogP contribution in [0.3, 0.4) is 0 Å². The standard InChI is InChI=1S/C24H15F3O5S/c25-24(26,27)22-20(21(33)18-11-8-16(28)12-19(18)32-22)31-17-9-6-15(7-10-17)23(29)30-13-14-4-2-1-3-5-14/h1-12,28H,13H2. The molecule has 1 heterocycles. The fourth-order valence-corrected chi connectivity index (χ4v) is 3.33. The fraction of sp³-hybridized carbons (Fsp3) is 0.0833. The molecule has 3 aromatic carbocycles. The van der Waals surface area contributed by atoms with Gasteiger partial charge in [0.2, 0.25) is 0 Å². The second-order valence-corrected chi connectivity index (χ2v) is 7.36. The van der Waals surface area contributed by atoms with E-state index in [9.17, 15) is 23.1 Å². The zero-order chi connectivity index (χ0) is 23.6. The van der Waals surface area contributed by atoms with E-state index >= 15 is 0 Å². The average Bonchev–Trinajstić information content (AvgIpc) is 2.79. The number of alkyl halides is 3. The van der Waals surface area contributed by atoms with Gasteiger partial charge >= 0.3 is 12.1 Å². The summed E-state index contributed by atoms with van der Waals surface area (Å²) in [6, 6.07) is 18.2. The molecule has 0 saturated heterocycles. The number of hydrogen-bond acceptors (Lipinski definition) is 6. The Hall–Kier alpha value is -3.85. The zero-order valence-corrected chi connectivity index (χ0v) is 17.6. The molecule has 4 aromatic rings. The van der Waals surface area contributed by atoms with E-state index in [2.05, 4.69) is 0 Å². The summed E-state index contributed by atoms with van der Waals surface area (Å²) in [4.78, 5) is 12.2. The van der Waals surface area contributed by atoms with Crippen molar-refractivity contribution in [1.29, 1.82) is 0 Å². The van der Waals surface area contributed by atoms with Crippen LogP contribution >= 0.6 is 12.2 Å². The molecule has 5 nitrogen and oxygen atoms in total. The van der Waals surface area contributed by atoms with Gasteiger partial charge < -0.3 is 19.0 Å². The van der Waals surface area contributed by atoms with Gasteiger partial charge in [-0.25, -0.2) is 4.79 Å². The number of ether oxygens (including phenoxy) is 2. The van der Waals surface area contributed by atoms with Crippen LogP contribution < -0.4 is 4.74 Å². The van der Waals surface area contributed by atoms with Crippen molar-refractivity contribution in [2.75, 3.05) is 0 Å². The summed E-state index contributed by atoms with van der Waals surface area (Å²) in [7, 11) is 0. The van der Waals surface area contributed by atoms with Gasteiger partial charge in [0.25, 0.3) is 5.76 Å². The van der Waals surface area contributed by atoms with Crippen LogP contribution in [0.25, 0.3) is 11.0 Å². The summed E-state index contributed by atoms with van der Waals surface area (Å²) in [5.74, 6) is -2.96. The molecule has 168 valence electrons. The molecule has 0 fully saturated rings. The van der Waals surface area contributed by atoms with Gasteiger partial charge in [-0.05, 0) is 42.0 Å². The number of halogens is 3. The van der Waals surface area contributed by atoms with Crippen molar-refractivity contribution >= 4 is 29.2 Å². The van der Waals surface area contributed by atoms with Crippen LogP contribution in [0.4, 0.5) is 13.2 Å². The zero-order valence-electron chi connectivity index (χ0n) is 16.8. The number of rotatable bonds is 5. The van der Waals surface area contributed by atoms with Crippen LogP contribution in [-0.4, -0.2) is 11.1 Å². The molecule has 1 N–H and O–H groups in total. The molecule has 33 heavy (non-hydrogen) atoms. The Morgan fingerprint density at radius 1 is 1.00 bits per heavy atom. The summed E-state index contributed by atoms with van der Waals surface area (Å²) in [6.07, 6.45) is -4.90. The summed E-state index contributed by atoms with van der Waals surface area (Å²) in [5, 5.41) is 9.72. The Balaban J connectivity index is 1.59. The molecule has 0 aliphatic carbocycles. The highest BCUT2D eigenvalue weighted by Crippen LogP contribution is 2.42. The number of fused-ring (bicyclic) bond motifs is 1. The predicted octanol–water partition coefficient (Wildman–Crippen LogP) is 7.04. The molecule has 0 bridgehead atoms. The molecule has 0 saturated carbocycles. The molecule has 0 amide bonds. The van der Waals surface area contributed by atoms with Crippen LogP contribution in [0.5, 0.6) is 17.2 Å². The van der Waals surface area contributed by atoms with Crippen LogP contribution in [0.1, 0.15) is 21.7 Å². The smallest absolute Gasteiger partial charge is 0.453 e. The largest absolute Gasteiger partial charge is 0.508 e. The molecular formula is C24H15F3O5S. The lowest BCUT2D eigenvalue weighted by Gasteiger charge is -2.14. The molecule has 0 aliphatic heterocycles. The molecule has 1 aromatic heterocycles. The number of hydrogen-bond donors (Lipinski definition) is 1. The molecule has 0 atom stereocenters. The molecular weight excluding hydrogens is 457 g/mol. The van der Waals surface area contributed by atoms with Gasteiger partial charge in [0.15, 0.2) is 5.75 Å². The third kappa shape index (κ3) is 4.98. The number of benzene rings is 3. The first-order valence-corrected chi connectivity index (χ1v) is 9.99. The van der Waals surface area contributed by atoms with Gasteiger partial charge in [0, 0.05) is 11.5 Å². The summed E-state index contributed by atoms with van der Waals surface area (Å²) in [6.45, 7) is 0.0837. The quantitative estimate of drug-likeness (QED) is 0.248. The monoisotopic (exact) mass is 472 g/mol. The van der Waals surface area contributed by atoms with Gasteiger partial charge in [-0.3, -0.25) is 0 Å². The Morgan fingerprint density at radius 2 is 1.70 bits per heavy atom. The van der Waals surface area contributed by atoms with Crippen LogP contribution in [0.2, 0.25) is 0 Å². The number of esters is 1. The summed E-state index contributed by atoms with van der Waals surface area (Å²) in [5.41, 5.74) is 0.791. The number of aromatic hydroxyl groups is 1. The molecule has 0 spiro atoms. The van der Waals surface area contributed by atoms with Crippen molar-refractivity contribution in [3.05, 3.63) is 94.2 Å². The van der Waals surface area contributed by atoms with Crippen LogP contribution in [0, 0.1) is 4.51 Å². The second kappa shape index (κ2) is 8.95. The Bertz CT molecular complexity index is 1360. The van der Waals surface area contributed by atoms with E-state index in [4.69, 9.17) is 26.1 Å². The van der Waals surface area contributed by atoms with Gasteiger partial charge in [-0.15, -0.1) is 0 Å². The van der Waals surface area contributed by atoms with E-state index in [0.29, 0.717) is 0 Å². The SMILES string of the molecule is O=C(OCc1ccccc1)c1ccc(Oc2c(C(F)(F)F)oc3cc(O)ccc3c2=S)cc1. The first kappa shape index (κ1) is 22.3. The third-order valence-electron chi connectivity index (χ3n) is 4.61. The van der Waals surface area contributed by atoms with Crippen molar-refractivity contribution < 1.29 is 37.0 Å². The normalized spacial score (nSPS) is 11.4. The minimum Gasteiger partial charge on any atom is -0.508 e. The van der Waals surface area contributed by atoms with E-state index in [1.54, 1.807) is 0 Å². The van der Waals surface area contributed by atoms with Crippen molar-refractivity contribution in [2.24, 2.45) is 0 Å². The molecule has 0 radical (unpaired) electrons. The number of carbonyl (C=O) groups is 1. The van der Waals surface area contributed by atoms with Gasteiger partial charge in [0.05, 0.1) is 10.1 Å². The summed E-state index contributed by atoms with van der Waals surface area (Å²) < 4.78 is 56.3. The average molecular weight is 472 g/mol. The Labute approximate surface area is 190 Å². The maximum absolute atomic E-state index is 13.6. The number of carbonyl (C=O) groups excluding carboxylic acids is 1. The van der Waals surface area contributed by atoms with Crippen molar-refractivity contribution in [3.8, 4) is 17.2 Å². The van der Waals surface area contributed by atoms with E-state index in [0.717, 1.165) is 11.6 Å². The number of phenols is 1. The lowest BCUT2D eigenvalue weighted by Crippen LogP contribution is -2.08. The lowest BCUT2D eigenvalue weighted by molar-refractivity contribution is -0.154. The third-order valence-corrected chi connectivity index (χ3v) is 5.02. The molecule has 4 rings (SSSR count). The van der Waals surface area contributed by atoms with E-state index in [-0.39, 0.29) is 39.1 Å². The predicted molar refractivity (Wildman–Crippen MR) is 116 cm³/mol. The molecule has 0 unspecified atom stereocenters. The molecule has 0 aliphatic rings. The minimum atomic E-state index is -4.90. The Kier molecular flexibility index (Phi) is 6.06. The van der Waals surface area contributed by atoms with Gasteiger partial charge in [0.1, 0.15) is 23.7 Å². The first-order chi connectivity index (χ1) is 15.7. The van der Waals surface area contributed by atoms with Crippen LogP contribution in [0.15, 0.2) is 77.2 Å². The fourth-order valence-electron chi connectivity index (χ4n) is 3.03. The number of phenolic OH excluding ortho intramolecular Hbond substituents is 1. The minimum absolute atomic E-state index is 0.0135. The highest BCUT2D eigenvalue weighted by Gasteiger charge is 2.39. The van der Waals surface area contributed by atoms with Crippen molar-refractivity contribution in [2.45, 2.75) is 12.8 Å². The van der Waals surface area contributed by atoms with Crippen molar-refractivity contribution in [3.63, 3.8) is 0 Å². The van der Waals surface area contributed by atoms with Crippen molar-refractivity contribution in [1.82, 2.24) is 0 Å². The highest BCUT2D eigenvalue weighted by molar-refractivity contribution is 7.71. The van der Waals surface area contributed by atoms with E-state index in [1.807, 2.05) is 30.3 Å². The Morgan fingerprint density at radius 3 is 2.36 bits per heavy atom. The highest BCUT2D eigenvalue weighted by atomic mass is 32.1. The topological polar surface area (TPSA) is 68.9 Å². The maximum atomic E-state index is 13.6. The van der Waals surface area contributed by atoms with Gasteiger partial charge in [-0.2, -0.15) is 13.2 Å². The lowest BCUT2D eigenvalue weighted by atomic mass is 10.2. The maximum Gasteiger partial charge on any atom is 0.453 e. The van der Waals surface area contributed by atoms with Gasteiger partial charge in [-0.1, -0.05) is 42.5 Å². The van der Waals surface area contributed by atoms with E-state index < -0.39 is 23.7 Å². The first-order valence-electron chi connectivity index (χ1n) is 9.58. The van der Waals surface area contributed by atoms with Crippen LogP contribution in [-0.2, 0) is 17.5 Å². The molecule has 9 heteroatoms. The van der Waals surface area contributed by atoms with E-state index in [1.165, 1.54) is 36.4 Å². The summed E-state index contributed by atoms with van der Waals surface area (Å²) >= 11 is 5.20. The second-order valence-electron chi connectivity index (χ2n) is 6.96.